The maximum Gasteiger partial charge on any atom is 0.266 e. The van der Waals surface area contributed by atoms with Crippen molar-refractivity contribution in [2.45, 2.75) is 190 Å². The number of nitrogens with zero attached hydrogens (tertiary/aromatic N) is 24. The average Bonchev–Trinajstić information content (AvgIpc) is 1.59. The summed E-state index contributed by atoms with van der Waals surface area (Å²) >= 11 is 1.66. The second-order valence-corrected chi connectivity index (χ2v) is 38.5. The SMILES string of the molecule is CCCc1c2c(nn1Cc1ccc(-c3ccc(C)cn3)cc1)N1CC(C)(C)N=C1N(C)C2=O.CCSc1c2c(nn1Cc1ccc(-c3ccc(C)cn3)cc1)N1CC(C)(C)N=C1N(C)C2=O.CCc1c2c(nn1Cc1ccc(-c3ccc(C)cn3)cc1)N1CC(C)(C)N=C1N(C)C2=O.CCc1c2c(nn1Cc1ccc(-c3cccc(C)n3)cc1)N1CC(C)(C)N=C1N(C)C2=O. The molecule has 8 aromatic heterocycles. The maximum absolute atomic E-state index is 13.3. The van der Waals surface area contributed by atoms with Crippen LogP contribution in [0.3, 0.4) is 0 Å². The highest BCUT2D eigenvalue weighted by Crippen LogP contribution is 2.43. The molecular formula is C101H114N24O4S. The second kappa shape index (κ2) is 34.8. The van der Waals surface area contributed by atoms with E-state index < -0.39 is 0 Å². The van der Waals surface area contributed by atoms with Gasteiger partial charge in [0.15, 0.2) is 23.3 Å². The zero-order valence-electron chi connectivity index (χ0n) is 78.1. The van der Waals surface area contributed by atoms with Gasteiger partial charge in [0.1, 0.15) is 27.3 Å². The number of hydrogen-bond acceptors (Lipinski definition) is 21. The van der Waals surface area contributed by atoms with Crippen molar-refractivity contribution in [2.24, 2.45) is 20.0 Å². The maximum atomic E-state index is 13.3. The van der Waals surface area contributed by atoms with Gasteiger partial charge in [-0.25, -0.2) is 20.0 Å². The summed E-state index contributed by atoms with van der Waals surface area (Å²) < 4.78 is 7.93. The summed E-state index contributed by atoms with van der Waals surface area (Å²) in [4.78, 5) is 105. The van der Waals surface area contributed by atoms with Crippen LogP contribution in [0.2, 0.25) is 0 Å². The van der Waals surface area contributed by atoms with Crippen LogP contribution < -0.4 is 19.6 Å². The largest absolute Gasteiger partial charge is 0.292 e. The first-order valence-corrected chi connectivity index (χ1v) is 45.8. The molecule has 20 rings (SSSR count). The van der Waals surface area contributed by atoms with Gasteiger partial charge in [-0.1, -0.05) is 155 Å². The Balaban J connectivity index is 0.000000121. The van der Waals surface area contributed by atoms with Crippen LogP contribution in [0.1, 0.15) is 193 Å². The number of pyridine rings is 4. The molecule has 0 fully saturated rings. The van der Waals surface area contributed by atoms with Gasteiger partial charge in [-0.15, -0.1) is 11.8 Å². The number of anilines is 4. The van der Waals surface area contributed by atoms with Gasteiger partial charge in [0.05, 0.1) is 114 Å². The van der Waals surface area contributed by atoms with Crippen LogP contribution in [0.15, 0.2) is 195 Å². The fourth-order valence-corrected chi connectivity index (χ4v) is 18.8. The lowest BCUT2D eigenvalue weighted by Crippen LogP contribution is -2.48. The van der Waals surface area contributed by atoms with E-state index in [0.717, 1.165) is 172 Å². The smallest absolute Gasteiger partial charge is 0.266 e. The first-order chi connectivity index (χ1) is 62.1. The van der Waals surface area contributed by atoms with Crippen LogP contribution in [0.25, 0.3) is 45.0 Å². The first-order valence-electron chi connectivity index (χ1n) is 44.8. The summed E-state index contributed by atoms with van der Waals surface area (Å²) in [6.07, 6.45) is 8.87. The van der Waals surface area contributed by atoms with E-state index in [9.17, 15) is 19.2 Å². The van der Waals surface area contributed by atoms with E-state index in [2.05, 4.69) is 238 Å². The molecule has 4 amide bonds. The molecule has 0 saturated heterocycles. The number of amides is 4. The molecule has 16 heterocycles. The Hall–Kier alpha value is -13.6. The molecule has 0 unspecified atom stereocenters. The van der Waals surface area contributed by atoms with Crippen molar-refractivity contribution in [3.8, 4) is 45.0 Å². The number of carbonyl (C=O) groups excluding carboxylic acids is 4. The minimum Gasteiger partial charge on any atom is -0.292 e. The lowest BCUT2D eigenvalue weighted by molar-refractivity contribution is 0.0854. The summed E-state index contributed by atoms with van der Waals surface area (Å²) in [6.45, 7) is 38.4. The van der Waals surface area contributed by atoms with E-state index in [1.165, 1.54) is 0 Å². The van der Waals surface area contributed by atoms with Crippen molar-refractivity contribution in [2.75, 3.05) is 79.7 Å². The van der Waals surface area contributed by atoms with Crippen molar-refractivity contribution in [3.63, 3.8) is 0 Å². The molecule has 0 N–H and O–H groups in total. The molecular weight excluding hydrogens is 1650 g/mol. The number of aromatic nitrogens is 12. The van der Waals surface area contributed by atoms with Crippen LogP contribution in [-0.4, -0.2) is 208 Å². The number of fused-ring (bicyclic) bond motifs is 12. The minimum absolute atomic E-state index is 0.0202. The van der Waals surface area contributed by atoms with E-state index in [0.29, 0.717) is 92.9 Å². The average molecular weight is 1760 g/mol. The molecule has 0 bridgehead atoms. The number of guanidine groups is 4. The number of carbonyl (C=O) groups is 4. The highest BCUT2D eigenvalue weighted by molar-refractivity contribution is 7.99. The molecule has 0 aliphatic carbocycles. The summed E-state index contributed by atoms with van der Waals surface area (Å²) in [5.41, 5.74) is 21.9. The fourth-order valence-electron chi connectivity index (χ4n) is 17.9. The third-order valence-electron chi connectivity index (χ3n) is 24.4. The Morgan fingerprint density at radius 3 is 0.931 bits per heavy atom. The number of aryl methyl sites for hydroxylation is 4. The van der Waals surface area contributed by atoms with Crippen LogP contribution in [0.4, 0.5) is 23.3 Å². The van der Waals surface area contributed by atoms with Crippen molar-refractivity contribution < 1.29 is 19.2 Å². The van der Waals surface area contributed by atoms with Crippen molar-refractivity contribution in [1.29, 1.82) is 0 Å². The minimum atomic E-state index is -0.257. The molecule has 0 spiro atoms. The summed E-state index contributed by atoms with van der Waals surface area (Å²) in [5.74, 6) is 6.42. The normalized spacial score (nSPS) is 16.7. The highest BCUT2D eigenvalue weighted by atomic mass is 32.2. The molecule has 12 aromatic rings. The van der Waals surface area contributed by atoms with Gasteiger partial charge in [-0.3, -0.25) is 97.0 Å². The molecule has 0 atom stereocenters. The lowest BCUT2D eigenvalue weighted by atomic mass is 10.1. The van der Waals surface area contributed by atoms with Crippen molar-refractivity contribution >= 4 is 82.5 Å². The van der Waals surface area contributed by atoms with Gasteiger partial charge in [0.2, 0.25) is 23.8 Å². The molecule has 0 radical (unpaired) electrons. The predicted octanol–water partition coefficient (Wildman–Crippen LogP) is 16.6. The fraction of sp³-hybridized carbons (Fsp3) is 0.366. The molecule has 668 valence electrons. The molecule has 130 heavy (non-hydrogen) atoms. The van der Waals surface area contributed by atoms with Gasteiger partial charge in [-0.05, 0) is 177 Å². The number of hydrogen-bond donors (Lipinski definition) is 0. The number of thioether (sulfide) groups is 1. The lowest BCUT2D eigenvalue weighted by Gasteiger charge is -2.30. The number of rotatable bonds is 18. The Morgan fingerprint density at radius 1 is 0.338 bits per heavy atom. The topological polar surface area (TPSA) is 266 Å². The Morgan fingerprint density at radius 2 is 0.631 bits per heavy atom. The van der Waals surface area contributed by atoms with Crippen LogP contribution >= 0.6 is 11.8 Å². The zero-order valence-corrected chi connectivity index (χ0v) is 78.9. The molecule has 8 aliphatic heterocycles. The Labute approximate surface area is 764 Å². The first kappa shape index (κ1) is 88.5. The van der Waals surface area contributed by atoms with Gasteiger partial charge in [0.25, 0.3) is 23.6 Å². The van der Waals surface area contributed by atoms with Crippen molar-refractivity contribution in [3.05, 3.63) is 254 Å². The van der Waals surface area contributed by atoms with E-state index in [4.69, 9.17) is 40.4 Å². The van der Waals surface area contributed by atoms with E-state index in [-0.39, 0.29) is 45.8 Å². The van der Waals surface area contributed by atoms with Crippen molar-refractivity contribution in [1.82, 2.24) is 78.7 Å². The Kier molecular flexibility index (Phi) is 23.7. The number of aliphatic imine (C=N–C) groups is 4. The summed E-state index contributed by atoms with van der Waals surface area (Å²) in [5, 5.41) is 20.6. The second-order valence-electron chi connectivity index (χ2n) is 37.3. The Bertz CT molecular complexity index is 6310. The van der Waals surface area contributed by atoms with Crippen LogP contribution in [0.5, 0.6) is 0 Å². The summed E-state index contributed by atoms with van der Waals surface area (Å²) in [7, 11) is 7.21. The van der Waals surface area contributed by atoms with E-state index in [1.807, 2.05) is 108 Å². The monoisotopic (exact) mass is 1760 g/mol. The molecule has 0 saturated carbocycles. The van der Waals surface area contributed by atoms with E-state index >= 15 is 0 Å². The van der Waals surface area contributed by atoms with Gasteiger partial charge >= 0.3 is 0 Å². The van der Waals surface area contributed by atoms with Gasteiger partial charge < -0.3 is 0 Å². The van der Waals surface area contributed by atoms with Crippen LogP contribution in [-0.2, 0) is 45.4 Å². The zero-order chi connectivity index (χ0) is 91.9. The van der Waals surface area contributed by atoms with Crippen LogP contribution in [0, 0.1) is 27.7 Å². The number of benzene rings is 4. The van der Waals surface area contributed by atoms with Gasteiger partial charge in [0, 0.05) is 74.7 Å². The molecule has 28 nitrogen and oxygen atoms in total. The third-order valence-corrected chi connectivity index (χ3v) is 25.4. The highest BCUT2D eigenvalue weighted by Gasteiger charge is 2.50. The standard InChI is InChI=1S/C26H30N6O.C25H28N6OS.2C25H28N6O/c1-6-7-21-22-23(31-16-26(3,4)28-25(31)30(5)24(22)33)29-32(21)15-18-9-11-19(12-10-18)20-13-8-17(2)14-27-20;1-6-33-23-20-21(30-15-25(3,4)27-24(30)29(5)22(20)32)28-31(23)14-17-8-10-18(11-9-17)19-12-7-16(2)13-26-19;1-6-20-21-22(30-15-25(3,4)27-24(30)29(5)23(21)32)28-31(20)14-17-8-10-18(11-9-17)19-12-7-16(2)13-26-19;1-6-20-21-22(30-15-25(3,4)27-24(30)29(5)23(21)32)28-31(20)14-17-10-12-18(13-11-17)19-9-7-8-16(2)26-19/h8-14H,6-7,15-16H2,1-5H3;7-13H,6,14-15H2,1-5H3;2*7-13H,6,14-15H2,1-5H3. The molecule has 29 heteroatoms. The third kappa shape index (κ3) is 17.2. The summed E-state index contributed by atoms with van der Waals surface area (Å²) in [6, 6.07) is 52.1. The van der Waals surface area contributed by atoms with E-state index in [1.54, 1.807) is 52.5 Å². The molecule has 4 aromatic carbocycles. The quantitative estimate of drug-likeness (QED) is 0.0722. The predicted molar refractivity (Wildman–Crippen MR) is 516 cm³/mol. The molecule has 8 aliphatic rings. The van der Waals surface area contributed by atoms with Gasteiger partial charge in [-0.2, -0.15) is 20.4 Å².